The first-order valence-corrected chi connectivity index (χ1v) is 5.43. The number of aromatic nitrogens is 1. The van der Waals surface area contributed by atoms with Crippen LogP contribution >= 0.6 is 11.6 Å². The molecule has 0 aliphatic heterocycles. The number of allylic oxidation sites excluding steroid dienone is 1. The second-order valence-electron chi connectivity index (χ2n) is 3.46. The molecule has 2 rings (SSSR count). The Morgan fingerprint density at radius 2 is 2.11 bits per heavy atom. The van der Waals surface area contributed by atoms with E-state index in [1.54, 1.807) is 24.4 Å². The quantitative estimate of drug-likeness (QED) is 0.835. The maximum Gasteiger partial charge on any atom is 0.145 e. The van der Waals surface area contributed by atoms with Crippen LogP contribution in [0.4, 0.5) is 5.69 Å². The first-order chi connectivity index (χ1) is 8.74. The Hall–Kier alpha value is -2.56. The highest BCUT2D eigenvalue weighted by atomic mass is 35.5. The van der Waals surface area contributed by atoms with Crippen molar-refractivity contribution in [2.75, 3.05) is 5.32 Å². The molecular formula is C13H7ClN4. The second kappa shape index (κ2) is 5.18. The normalized spacial score (nSPS) is 9.28. The Kier molecular flexibility index (Phi) is 3.43. The predicted octanol–water partition coefficient (Wildman–Crippen LogP) is 3.23. The standard InChI is InChI=1S/C13H7ClN4/c14-11-4-10-2-1-3-12(13(10)18-8-11)17-7-9(5-15)6-16/h1-4,7-8,17H. The van der Waals surface area contributed by atoms with E-state index in [0.29, 0.717) is 10.7 Å². The van der Waals surface area contributed by atoms with Crippen molar-refractivity contribution in [2.45, 2.75) is 0 Å². The molecule has 1 N–H and O–H groups in total. The zero-order valence-electron chi connectivity index (χ0n) is 9.18. The van der Waals surface area contributed by atoms with Crippen molar-refractivity contribution in [2.24, 2.45) is 0 Å². The molecule has 1 aromatic carbocycles. The van der Waals surface area contributed by atoms with Crippen LogP contribution in [-0.4, -0.2) is 4.98 Å². The summed E-state index contributed by atoms with van der Waals surface area (Å²) in [5, 5.41) is 21.6. The molecule has 0 aliphatic carbocycles. The van der Waals surface area contributed by atoms with E-state index < -0.39 is 0 Å². The van der Waals surface area contributed by atoms with Crippen LogP contribution in [-0.2, 0) is 0 Å². The molecule has 0 atom stereocenters. The Morgan fingerprint density at radius 1 is 1.33 bits per heavy atom. The lowest BCUT2D eigenvalue weighted by Gasteiger charge is -2.05. The Balaban J connectivity index is 2.44. The summed E-state index contributed by atoms with van der Waals surface area (Å²) in [5.41, 5.74) is 1.45. The number of fused-ring (bicyclic) bond motifs is 1. The zero-order valence-corrected chi connectivity index (χ0v) is 9.94. The van der Waals surface area contributed by atoms with E-state index in [-0.39, 0.29) is 5.57 Å². The highest BCUT2D eigenvalue weighted by molar-refractivity contribution is 6.31. The number of para-hydroxylation sites is 1. The number of nitriles is 2. The van der Waals surface area contributed by atoms with Gasteiger partial charge in [0.15, 0.2) is 0 Å². The number of hydrogen-bond donors (Lipinski definition) is 1. The molecule has 5 heteroatoms. The van der Waals surface area contributed by atoms with Gasteiger partial charge in [0.1, 0.15) is 17.7 Å². The number of nitrogens with zero attached hydrogens (tertiary/aromatic N) is 3. The van der Waals surface area contributed by atoms with Gasteiger partial charge in [-0.1, -0.05) is 23.7 Å². The second-order valence-corrected chi connectivity index (χ2v) is 3.89. The molecule has 0 fully saturated rings. The summed E-state index contributed by atoms with van der Waals surface area (Å²) in [6, 6.07) is 10.9. The van der Waals surface area contributed by atoms with Gasteiger partial charge in [-0.25, -0.2) is 0 Å². The third kappa shape index (κ3) is 2.40. The van der Waals surface area contributed by atoms with E-state index in [0.717, 1.165) is 10.9 Å². The smallest absolute Gasteiger partial charge is 0.145 e. The van der Waals surface area contributed by atoms with Crippen molar-refractivity contribution in [3.05, 3.63) is 47.3 Å². The van der Waals surface area contributed by atoms with Crippen molar-refractivity contribution >= 4 is 28.2 Å². The molecule has 4 nitrogen and oxygen atoms in total. The number of nitrogens with one attached hydrogen (secondary N) is 1. The van der Waals surface area contributed by atoms with Crippen molar-refractivity contribution in [3.63, 3.8) is 0 Å². The van der Waals surface area contributed by atoms with Crippen LogP contribution in [0.25, 0.3) is 10.9 Å². The van der Waals surface area contributed by atoms with Crippen LogP contribution in [0.1, 0.15) is 0 Å². The van der Waals surface area contributed by atoms with Crippen LogP contribution in [0, 0.1) is 22.7 Å². The summed E-state index contributed by atoms with van der Waals surface area (Å²) in [6.07, 6.45) is 2.90. The number of benzene rings is 1. The van der Waals surface area contributed by atoms with Gasteiger partial charge in [0.2, 0.25) is 0 Å². The summed E-state index contributed by atoms with van der Waals surface area (Å²) in [4.78, 5) is 4.22. The highest BCUT2D eigenvalue weighted by Gasteiger charge is 2.02. The molecule has 0 bridgehead atoms. The highest BCUT2D eigenvalue weighted by Crippen LogP contribution is 2.23. The Labute approximate surface area is 109 Å². The van der Waals surface area contributed by atoms with Crippen molar-refractivity contribution < 1.29 is 0 Å². The monoisotopic (exact) mass is 254 g/mol. The fourth-order valence-electron chi connectivity index (χ4n) is 1.49. The van der Waals surface area contributed by atoms with Crippen molar-refractivity contribution in [3.8, 4) is 12.1 Å². The molecule has 86 valence electrons. The van der Waals surface area contributed by atoms with Gasteiger partial charge in [0.25, 0.3) is 0 Å². The van der Waals surface area contributed by atoms with E-state index in [4.69, 9.17) is 22.1 Å². The molecule has 18 heavy (non-hydrogen) atoms. The van der Waals surface area contributed by atoms with Gasteiger partial charge in [0.05, 0.1) is 16.2 Å². The lowest BCUT2D eigenvalue weighted by molar-refractivity contribution is 1.40. The minimum absolute atomic E-state index is 0.000895. The van der Waals surface area contributed by atoms with E-state index >= 15 is 0 Å². The summed E-state index contributed by atoms with van der Waals surface area (Å²) in [5.74, 6) is 0. The fraction of sp³-hybridized carbons (Fsp3) is 0. The lowest BCUT2D eigenvalue weighted by atomic mass is 10.2. The van der Waals surface area contributed by atoms with Gasteiger partial charge in [-0.3, -0.25) is 4.98 Å². The van der Waals surface area contributed by atoms with Gasteiger partial charge in [-0.05, 0) is 12.1 Å². The van der Waals surface area contributed by atoms with Crippen LogP contribution in [0.5, 0.6) is 0 Å². The number of pyridine rings is 1. The SMILES string of the molecule is N#CC(C#N)=CNc1cccc2cc(Cl)cnc12. The summed E-state index contributed by atoms with van der Waals surface area (Å²) >= 11 is 5.86. The van der Waals surface area contributed by atoms with E-state index in [1.807, 2.05) is 18.2 Å². The largest absolute Gasteiger partial charge is 0.358 e. The minimum atomic E-state index is 0.000895. The minimum Gasteiger partial charge on any atom is -0.358 e. The molecule has 0 unspecified atom stereocenters. The molecule has 0 saturated carbocycles. The number of rotatable bonds is 2. The van der Waals surface area contributed by atoms with Crippen LogP contribution in [0.2, 0.25) is 5.02 Å². The zero-order chi connectivity index (χ0) is 13.0. The molecule has 2 aromatic rings. The number of anilines is 1. The van der Waals surface area contributed by atoms with Crippen LogP contribution < -0.4 is 5.32 Å². The van der Waals surface area contributed by atoms with Gasteiger partial charge in [0, 0.05) is 17.8 Å². The van der Waals surface area contributed by atoms with E-state index in [1.165, 1.54) is 6.20 Å². The topological polar surface area (TPSA) is 72.5 Å². The third-order valence-corrected chi connectivity index (χ3v) is 2.50. The van der Waals surface area contributed by atoms with Crippen LogP contribution in [0.3, 0.4) is 0 Å². The molecule has 0 saturated heterocycles. The summed E-state index contributed by atoms with van der Waals surface area (Å²) in [6.45, 7) is 0. The van der Waals surface area contributed by atoms with Gasteiger partial charge >= 0.3 is 0 Å². The Morgan fingerprint density at radius 3 is 2.83 bits per heavy atom. The molecule has 0 spiro atoms. The average Bonchev–Trinajstić information content (AvgIpc) is 2.39. The average molecular weight is 255 g/mol. The molecule has 0 radical (unpaired) electrons. The maximum absolute atomic E-state index is 8.64. The molecular weight excluding hydrogens is 248 g/mol. The van der Waals surface area contributed by atoms with Gasteiger partial charge < -0.3 is 5.32 Å². The lowest BCUT2D eigenvalue weighted by Crippen LogP contribution is -1.92. The molecule has 1 heterocycles. The fourth-order valence-corrected chi connectivity index (χ4v) is 1.66. The van der Waals surface area contributed by atoms with Crippen molar-refractivity contribution in [1.82, 2.24) is 4.98 Å². The third-order valence-electron chi connectivity index (χ3n) is 2.29. The van der Waals surface area contributed by atoms with Gasteiger partial charge in [-0.15, -0.1) is 0 Å². The van der Waals surface area contributed by atoms with Crippen LogP contribution in [0.15, 0.2) is 42.2 Å². The molecule has 1 aromatic heterocycles. The molecule has 0 amide bonds. The van der Waals surface area contributed by atoms with E-state index in [2.05, 4.69) is 10.3 Å². The van der Waals surface area contributed by atoms with E-state index in [9.17, 15) is 0 Å². The van der Waals surface area contributed by atoms with Gasteiger partial charge in [-0.2, -0.15) is 10.5 Å². The maximum atomic E-state index is 8.64. The first-order valence-electron chi connectivity index (χ1n) is 5.06. The summed E-state index contributed by atoms with van der Waals surface area (Å²) in [7, 11) is 0. The number of halogens is 1. The predicted molar refractivity (Wildman–Crippen MR) is 69.7 cm³/mol. The molecule has 0 aliphatic rings. The number of hydrogen-bond acceptors (Lipinski definition) is 4. The van der Waals surface area contributed by atoms with Crippen molar-refractivity contribution in [1.29, 1.82) is 10.5 Å². The Bertz CT molecular complexity index is 691. The summed E-state index contributed by atoms with van der Waals surface area (Å²) < 4.78 is 0. The first kappa shape index (κ1) is 11.9.